The summed E-state index contributed by atoms with van der Waals surface area (Å²) in [5.74, 6) is 0.00393. The lowest BCUT2D eigenvalue weighted by Gasteiger charge is -2.30. The number of rotatable bonds is 5. The first-order valence-electron chi connectivity index (χ1n) is 7.81. The molecule has 1 saturated heterocycles. The van der Waals surface area contributed by atoms with Crippen molar-refractivity contribution < 1.29 is 14.3 Å². The number of nitrogens with zero attached hydrogens (tertiary/aromatic N) is 3. The van der Waals surface area contributed by atoms with E-state index in [9.17, 15) is 9.59 Å². The lowest BCUT2D eigenvalue weighted by atomic mass is 9.76. The van der Waals surface area contributed by atoms with Crippen LogP contribution in [0.5, 0.6) is 0 Å². The van der Waals surface area contributed by atoms with Crippen LogP contribution in [0, 0.1) is 11.3 Å². The number of aromatic nitrogens is 2. The van der Waals surface area contributed by atoms with Crippen molar-refractivity contribution in [3.8, 4) is 0 Å². The molecule has 22 heavy (non-hydrogen) atoms. The Balaban J connectivity index is 2.06. The third kappa shape index (κ3) is 3.15. The topological polar surface area (TPSA) is 64.4 Å². The number of carbonyl (C=O) groups excluding carboxylic acids is 2. The highest BCUT2D eigenvalue weighted by molar-refractivity contribution is 5.83. The fourth-order valence-electron chi connectivity index (χ4n) is 3.04. The molecule has 1 aliphatic rings. The minimum absolute atomic E-state index is 0.0415. The van der Waals surface area contributed by atoms with E-state index in [-0.39, 0.29) is 17.8 Å². The molecule has 0 bridgehead atoms. The summed E-state index contributed by atoms with van der Waals surface area (Å²) in [7, 11) is 1.83. The van der Waals surface area contributed by atoms with Crippen LogP contribution in [0.1, 0.15) is 32.8 Å². The summed E-state index contributed by atoms with van der Waals surface area (Å²) in [5, 5.41) is 4.08. The van der Waals surface area contributed by atoms with Crippen molar-refractivity contribution in [2.45, 2.75) is 33.6 Å². The van der Waals surface area contributed by atoms with Crippen LogP contribution >= 0.6 is 0 Å². The first-order valence-corrected chi connectivity index (χ1v) is 7.81. The average Bonchev–Trinajstić information content (AvgIpc) is 3.06. The van der Waals surface area contributed by atoms with E-state index in [2.05, 4.69) is 5.10 Å². The van der Waals surface area contributed by atoms with E-state index < -0.39 is 5.41 Å². The minimum Gasteiger partial charge on any atom is -0.466 e. The molecule has 2 heterocycles. The Morgan fingerprint density at radius 2 is 2.18 bits per heavy atom. The Morgan fingerprint density at radius 3 is 2.73 bits per heavy atom. The largest absolute Gasteiger partial charge is 0.466 e. The van der Waals surface area contributed by atoms with E-state index >= 15 is 0 Å². The molecular formula is C16H25N3O3. The standard InChI is InChI=1S/C16H25N3O3/c1-5-22-15(21)16(12(2)3)6-7-19(11-16)14(20)8-13-9-17-18(4)10-13/h9-10,12H,5-8,11H2,1-4H3/t16-/m1/s1. The number of carbonyl (C=O) groups is 2. The summed E-state index contributed by atoms with van der Waals surface area (Å²) in [5.41, 5.74) is 0.325. The van der Waals surface area contributed by atoms with Gasteiger partial charge in [-0.2, -0.15) is 5.10 Å². The van der Waals surface area contributed by atoms with E-state index in [1.165, 1.54) is 0 Å². The van der Waals surface area contributed by atoms with Crippen LogP contribution in [-0.2, 0) is 27.8 Å². The molecule has 6 heteroatoms. The van der Waals surface area contributed by atoms with Crippen molar-refractivity contribution in [2.24, 2.45) is 18.4 Å². The van der Waals surface area contributed by atoms with E-state index in [0.717, 1.165) is 5.56 Å². The van der Waals surface area contributed by atoms with Gasteiger partial charge in [0, 0.05) is 26.3 Å². The maximum Gasteiger partial charge on any atom is 0.314 e. The zero-order valence-corrected chi connectivity index (χ0v) is 13.8. The van der Waals surface area contributed by atoms with E-state index in [1.54, 1.807) is 15.8 Å². The molecule has 1 aromatic rings. The van der Waals surface area contributed by atoms with Crippen molar-refractivity contribution in [1.29, 1.82) is 0 Å². The zero-order chi connectivity index (χ0) is 16.3. The van der Waals surface area contributed by atoms with Gasteiger partial charge in [-0.15, -0.1) is 0 Å². The molecule has 1 atom stereocenters. The Hall–Kier alpha value is -1.85. The maximum absolute atomic E-state index is 12.5. The van der Waals surface area contributed by atoms with Gasteiger partial charge in [-0.25, -0.2) is 0 Å². The molecule has 1 fully saturated rings. The third-order valence-electron chi connectivity index (χ3n) is 4.55. The first-order chi connectivity index (χ1) is 10.4. The second-order valence-electron chi connectivity index (χ2n) is 6.30. The summed E-state index contributed by atoms with van der Waals surface area (Å²) >= 11 is 0. The zero-order valence-electron chi connectivity index (χ0n) is 13.8. The van der Waals surface area contributed by atoms with Gasteiger partial charge in [0.25, 0.3) is 0 Å². The van der Waals surface area contributed by atoms with Crippen LogP contribution in [0.2, 0.25) is 0 Å². The van der Waals surface area contributed by atoms with Crippen molar-refractivity contribution >= 4 is 11.9 Å². The molecule has 1 aliphatic heterocycles. The monoisotopic (exact) mass is 307 g/mol. The van der Waals surface area contributed by atoms with Crippen LogP contribution in [0.15, 0.2) is 12.4 Å². The number of hydrogen-bond acceptors (Lipinski definition) is 4. The molecule has 1 amide bonds. The smallest absolute Gasteiger partial charge is 0.314 e. The number of likely N-dealkylation sites (tertiary alicyclic amines) is 1. The highest BCUT2D eigenvalue weighted by Crippen LogP contribution is 2.39. The highest BCUT2D eigenvalue weighted by Gasteiger charge is 2.49. The van der Waals surface area contributed by atoms with Crippen molar-refractivity contribution in [3.63, 3.8) is 0 Å². The normalized spacial score (nSPS) is 21.4. The molecule has 0 radical (unpaired) electrons. The Labute approximate surface area is 131 Å². The minimum atomic E-state index is -0.569. The summed E-state index contributed by atoms with van der Waals surface area (Å²) < 4.78 is 6.93. The molecule has 0 spiro atoms. The average molecular weight is 307 g/mol. The van der Waals surface area contributed by atoms with E-state index in [1.807, 2.05) is 34.0 Å². The van der Waals surface area contributed by atoms with Gasteiger partial charge in [0.15, 0.2) is 0 Å². The fourth-order valence-corrected chi connectivity index (χ4v) is 3.04. The molecular weight excluding hydrogens is 282 g/mol. The molecule has 0 aliphatic carbocycles. The van der Waals surface area contributed by atoms with Crippen LogP contribution in [0.3, 0.4) is 0 Å². The summed E-state index contributed by atoms with van der Waals surface area (Å²) in [4.78, 5) is 26.6. The fraction of sp³-hybridized carbons (Fsp3) is 0.688. The quantitative estimate of drug-likeness (QED) is 0.771. The van der Waals surface area contributed by atoms with E-state index in [0.29, 0.717) is 32.5 Å². The van der Waals surface area contributed by atoms with Gasteiger partial charge < -0.3 is 9.64 Å². The number of ether oxygens (including phenoxy) is 1. The van der Waals surface area contributed by atoms with Gasteiger partial charge >= 0.3 is 5.97 Å². The first kappa shape index (κ1) is 16.5. The van der Waals surface area contributed by atoms with Crippen molar-refractivity contribution in [1.82, 2.24) is 14.7 Å². The van der Waals surface area contributed by atoms with E-state index in [4.69, 9.17) is 4.74 Å². The molecule has 6 nitrogen and oxygen atoms in total. The Kier molecular flexibility index (Phi) is 4.88. The van der Waals surface area contributed by atoms with Gasteiger partial charge in [0.1, 0.15) is 0 Å². The summed E-state index contributed by atoms with van der Waals surface area (Å²) in [6.45, 7) is 7.28. The van der Waals surface area contributed by atoms with Crippen molar-refractivity contribution in [3.05, 3.63) is 18.0 Å². The molecule has 0 N–H and O–H groups in total. The van der Waals surface area contributed by atoms with Crippen LogP contribution in [0.25, 0.3) is 0 Å². The number of amides is 1. The Bertz CT molecular complexity index is 553. The van der Waals surface area contributed by atoms with Gasteiger partial charge in [0.2, 0.25) is 5.91 Å². The van der Waals surface area contributed by atoms with Gasteiger partial charge in [-0.1, -0.05) is 13.8 Å². The molecule has 0 saturated carbocycles. The predicted octanol–water partition coefficient (Wildman–Crippen LogP) is 1.40. The SMILES string of the molecule is CCOC(=O)[C@]1(C(C)C)CCN(C(=O)Cc2cnn(C)c2)C1. The van der Waals surface area contributed by atoms with Crippen LogP contribution in [-0.4, -0.2) is 46.3 Å². The number of aryl methyl sites for hydroxylation is 1. The molecule has 1 aromatic heterocycles. The van der Waals surface area contributed by atoms with Crippen molar-refractivity contribution in [2.75, 3.05) is 19.7 Å². The highest BCUT2D eigenvalue weighted by atomic mass is 16.5. The maximum atomic E-state index is 12.5. The van der Waals surface area contributed by atoms with Gasteiger partial charge in [0.05, 0.1) is 24.6 Å². The molecule has 2 rings (SSSR count). The van der Waals surface area contributed by atoms with Crippen LogP contribution in [0.4, 0.5) is 0 Å². The molecule has 0 aromatic carbocycles. The summed E-state index contributed by atoms with van der Waals surface area (Å²) in [6, 6.07) is 0. The second-order valence-corrected chi connectivity index (χ2v) is 6.30. The predicted molar refractivity (Wildman–Crippen MR) is 82.0 cm³/mol. The second kappa shape index (κ2) is 6.50. The number of esters is 1. The van der Waals surface area contributed by atoms with Crippen LogP contribution < -0.4 is 0 Å². The third-order valence-corrected chi connectivity index (χ3v) is 4.55. The van der Waals surface area contributed by atoms with Gasteiger partial charge in [-0.05, 0) is 24.8 Å². The van der Waals surface area contributed by atoms with Gasteiger partial charge in [-0.3, -0.25) is 14.3 Å². The Morgan fingerprint density at radius 1 is 1.45 bits per heavy atom. The lowest BCUT2D eigenvalue weighted by molar-refractivity contribution is -0.157. The number of hydrogen-bond donors (Lipinski definition) is 0. The lowest BCUT2D eigenvalue weighted by Crippen LogP contribution is -2.42. The summed E-state index contributed by atoms with van der Waals surface area (Å²) in [6.07, 6.45) is 4.54. The molecule has 0 unspecified atom stereocenters. The molecule has 122 valence electrons.